The average Bonchev–Trinajstić information content (AvgIpc) is 3.14. The van der Waals surface area contributed by atoms with Gasteiger partial charge in [-0.3, -0.25) is 0 Å². The first kappa shape index (κ1) is 35.4. The molecule has 0 radical (unpaired) electrons. The summed E-state index contributed by atoms with van der Waals surface area (Å²) in [5.41, 5.74) is 7.53. The number of unbranched alkanes of at least 4 members (excludes halogenated alkanes) is 2. The summed E-state index contributed by atoms with van der Waals surface area (Å²) in [4.78, 5) is 28.3. The predicted molar refractivity (Wildman–Crippen MR) is 205 cm³/mol. The Kier molecular flexibility index (Phi) is 12.0. The van der Waals surface area contributed by atoms with Gasteiger partial charge < -0.3 is 19.3 Å². The van der Waals surface area contributed by atoms with E-state index in [2.05, 4.69) is 116 Å². The average molecular weight is 665 g/mol. The molecule has 0 aromatic heterocycles. The largest absolute Gasteiger partial charge is 0.423 e. The lowest BCUT2D eigenvalue weighted by Crippen LogP contribution is -2.28. The highest BCUT2D eigenvalue weighted by atomic mass is 16.5. The topological polar surface area (TPSA) is 59.1 Å². The lowest BCUT2D eigenvalue weighted by molar-refractivity contribution is -0.130. The Bertz CT molecular complexity index is 1880. The van der Waals surface area contributed by atoms with E-state index in [9.17, 15) is 9.59 Å². The van der Waals surface area contributed by atoms with E-state index in [0.29, 0.717) is 23.1 Å². The Hall–Kier alpha value is -5.88. The van der Waals surface area contributed by atoms with Crippen molar-refractivity contribution in [3.63, 3.8) is 0 Å². The molecule has 6 heteroatoms. The van der Waals surface area contributed by atoms with Crippen LogP contribution in [0.3, 0.4) is 0 Å². The molecule has 0 saturated carbocycles. The van der Waals surface area contributed by atoms with Crippen molar-refractivity contribution in [2.24, 2.45) is 0 Å². The van der Waals surface area contributed by atoms with Gasteiger partial charge in [-0.25, -0.2) is 9.59 Å². The molecule has 0 saturated heterocycles. The molecule has 0 bridgehead atoms. The fourth-order valence-corrected chi connectivity index (χ4v) is 5.81. The van der Waals surface area contributed by atoms with Gasteiger partial charge in [0.25, 0.3) is 0 Å². The van der Waals surface area contributed by atoms with Crippen LogP contribution in [-0.2, 0) is 9.59 Å². The van der Waals surface area contributed by atoms with Gasteiger partial charge in [-0.05, 0) is 116 Å². The van der Waals surface area contributed by atoms with E-state index in [-0.39, 0.29) is 0 Å². The summed E-state index contributed by atoms with van der Waals surface area (Å²) in [6.45, 7) is 13.3. The fraction of sp³-hybridized carbons (Fsp3) is 0.182. The predicted octanol–water partition coefficient (Wildman–Crippen LogP) is 11.5. The van der Waals surface area contributed by atoms with E-state index in [1.807, 2.05) is 24.3 Å². The van der Waals surface area contributed by atoms with Crippen molar-refractivity contribution in [2.75, 3.05) is 9.80 Å². The minimum atomic E-state index is -0.521. The summed E-state index contributed by atoms with van der Waals surface area (Å²) < 4.78 is 10.7. The SMILES string of the molecule is C=CC(=O)Oc1ccc(N(c2ccc(OC(=O)C(=C)C)cc2)c2ccc(-c3ccc(N(c4ccccc4)C(C)CCCCC)cc3)cc2)cc1. The number of para-hydroxylation sites is 1. The number of carbonyl (C=O) groups is 2. The highest BCUT2D eigenvalue weighted by Crippen LogP contribution is 2.38. The number of hydrogen-bond donors (Lipinski definition) is 0. The molecule has 6 nitrogen and oxygen atoms in total. The van der Waals surface area contributed by atoms with Gasteiger partial charge in [0.05, 0.1) is 0 Å². The number of benzene rings is 5. The molecule has 0 heterocycles. The third-order valence-corrected chi connectivity index (χ3v) is 8.44. The first-order valence-corrected chi connectivity index (χ1v) is 17.0. The standard InChI is InChI=1S/C44H44N2O4/c1-6-8-10-13-33(5)45(36-14-11-9-12-15-36)37-20-16-34(17-21-37)35-18-22-38(23-19-35)46(39-24-28-41(29-25-39)49-43(47)7-2)40-26-30-42(31-27-40)50-44(48)32(3)4/h7,9,11-12,14-31,33H,2-3,6,8,10,13H2,1,4-5H3. The Balaban J connectivity index is 1.42. The molecule has 1 unspecified atom stereocenters. The summed E-state index contributed by atoms with van der Waals surface area (Å²) in [5, 5.41) is 0. The Morgan fingerprint density at radius 3 is 1.60 bits per heavy atom. The molecule has 50 heavy (non-hydrogen) atoms. The van der Waals surface area contributed by atoms with Crippen LogP contribution in [0.2, 0.25) is 0 Å². The molecule has 0 fully saturated rings. The van der Waals surface area contributed by atoms with Crippen molar-refractivity contribution in [3.05, 3.63) is 152 Å². The smallest absolute Gasteiger partial charge is 0.338 e. The van der Waals surface area contributed by atoms with Gasteiger partial charge in [0.15, 0.2) is 0 Å². The zero-order valence-corrected chi connectivity index (χ0v) is 29.0. The molecule has 0 amide bonds. The van der Waals surface area contributed by atoms with E-state index in [4.69, 9.17) is 9.47 Å². The summed E-state index contributed by atoms with van der Waals surface area (Å²) in [6, 6.07) is 42.7. The maximum Gasteiger partial charge on any atom is 0.338 e. The second kappa shape index (κ2) is 17.0. The molecule has 5 aromatic rings. The number of hydrogen-bond acceptors (Lipinski definition) is 6. The van der Waals surface area contributed by atoms with Crippen molar-refractivity contribution in [1.82, 2.24) is 0 Å². The molecule has 5 rings (SSSR count). The second-order valence-corrected chi connectivity index (χ2v) is 12.3. The highest BCUT2D eigenvalue weighted by molar-refractivity contribution is 5.89. The molecular formula is C44H44N2O4. The third kappa shape index (κ3) is 8.97. The van der Waals surface area contributed by atoms with Gasteiger partial charge in [-0.1, -0.05) is 81.8 Å². The number of nitrogens with zero attached hydrogens (tertiary/aromatic N) is 2. The van der Waals surface area contributed by atoms with Crippen LogP contribution in [0.1, 0.15) is 46.5 Å². The van der Waals surface area contributed by atoms with Crippen LogP contribution in [0.4, 0.5) is 28.4 Å². The Morgan fingerprint density at radius 1 is 0.660 bits per heavy atom. The maximum atomic E-state index is 12.1. The van der Waals surface area contributed by atoms with Gasteiger partial charge in [0, 0.05) is 46.1 Å². The van der Waals surface area contributed by atoms with Gasteiger partial charge in [-0.15, -0.1) is 0 Å². The van der Waals surface area contributed by atoms with Gasteiger partial charge in [0.2, 0.25) is 0 Å². The van der Waals surface area contributed by atoms with Crippen LogP contribution in [-0.4, -0.2) is 18.0 Å². The molecule has 1 atom stereocenters. The summed E-state index contributed by atoms with van der Waals surface area (Å²) in [6.07, 6.45) is 5.93. The molecule has 0 aliphatic heterocycles. The van der Waals surface area contributed by atoms with Crippen molar-refractivity contribution < 1.29 is 19.1 Å². The quantitative estimate of drug-likeness (QED) is 0.0480. The molecule has 0 aliphatic carbocycles. The fourth-order valence-electron chi connectivity index (χ4n) is 5.81. The normalized spacial score (nSPS) is 11.3. The number of ether oxygens (including phenoxy) is 2. The second-order valence-electron chi connectivity index (χ2n) is 12.3. The van der Waals surface area contributed by atoms with E-state index >= 15 is 0 Å². The summed E-state index contributed by atoms with van der Waals surface area (Å²) >= 11 is 0. The summed E-state index contributed by atoms with van der Waals surface area (Å²) in [7, 11) is 0. The van der Waals surface area contributed by atoms with Crippen LogP contribution in [0.5, 0.6) is 11.5 Å². The van der Waals surface area contributed by atoms with Crippen LogP contribution in [0.25, 0.3) is 11.1 Å². The lowest BCUT2D eigenvalue weighted by atomic mass is 10.0. The first-order valence-electron chi connectivity index (χ1n) is 17.0. The number of carbonyl (C=O) groups excluding carboxylic acids is 2. The highest BCUT2D eigenvalue weighted by Gasteiger charge is 2.18. The van der Waals surface area contributed by atoms with E-state index in [0.717, 1.165) is 40.7 Å². The minimum Gasteiger partial charge on any atom is -0.423 e. The molecular weight excluding hydrogens is 620 g/mol. The van der Waals surface area contributed by atoms with Gasteiger partial charge in [-0.2, -0.15) is 0 Å². The Labute approximate surface area is 295 Å². The molecule has 0 spiro atoms. The minimum absolute atomic E-state index is 0.327. The molecule has 0 N–H and O–H groups in total. The third-order valence-electron chi connectivity index (χ3n) is 8.44. The first-order chi connectivity index (χ1) is 24.3. The van der Waals surface area contributed by atoms with Crippen LogP contribution in [0, 0.1) is 0 Å². The van der Waals surface area contributed by atoms with Gasteiger partial charge >= 0.3 is 11.9 Å². The van der Waals surface area contributed by atoms with Crippen molar-refractivity contribution in [1.29, 1.82) is 0 Å². The van der Waals surface area contributed by atoms with Gasteiger partial charge in [0.1, 0.15) is 11.5 Å². The number of rotatable bonds is 15. The number of esters is 2. The maximum absolute atomic E-state index is 12.1. The van der Waals surface area contributed by atoms with Crippen molar-refractivity contribution >= 4 is 40.4 Å². The summed E-state index contributed by atoms with van der Waals surface area (Å²) in [5.74, 6) is -0.154. The zero-order valence-electron chi connectivity index (χ0n) is 29.0. The molecule has 0 aliphatic rings. The number of anilines is 5. The van der Waals surface area contributed by atoms with E-state index in [1.165, 1.54) is 30.6 Å². The van der Waals surface area contributed by atoms with Crippen molar-refractivity contribution in [2.45, 2.75) is 52.5 Å². The van der Waals surface area contributed by atoms with Crippen molar-refractivity contribution in [3.8, 4) is 22.6 Å². The zero-order chi connectivity index (χ0) is 35.5. The van der Waals surface area contributed by atoms with E-state index in [1.54, 1.807) is 31.2 Å². The lowest BCUT2D eigenvalue weighted by Gasteiger charge is -2.32. The van der Waals surface area contributed by atoms with Crippen LogP contribution < -0.4 is 19.3 Å². The molecule has 254 valence electrons. The van der Waals surface area contributed by atoms with Crippen LogP contribution in [0.15, 0.2) is 152 Å². The molecule has 5 aromatic carbocycles. The Morgan fingerprint density at radius 2 is 1.12 bits per heavy atom. The van der Waals surface area contributed by atoms with E-state index < -0.39 is 11.9 Å². The monoisotopic (exact) mass is 664 g/mol. The van der Waals surface area contributed by atoms with Crippen LogP contribution >= 0.6 is 0 Å².